The van der Waals surface area contributed by atoms with Gasteiger partial charge in [-0.1, -0.05) is 18.7 Å². The Morgan fingerprint density at radius 2 is 2.12 bits per heavy atom. The van der Waals surface area contributed by atoms with E-state index >= 15 is 0 Å². The molecule has 90 valence electrons. The number of ether oxygens (including phenoxy) is 1. The van der Waals surface area contributed by atoms with E-state index in [1.165, 1.54) is 0 Å². The van der Waals surface area contributed by atoms with E-state index in [4.69, 9.17) is 10.6 Å². The molecule has 1 aromatic rings. The van der Waals surface area contributed by atoms with Crippen molar-refractivity contribution in [1.82, 2.24) is 15.0 Å². The lowest BCUT2D eigenvalue weighted by atomic mass is 10.5. The second-order valence-corrected chi connectivity index (χ2v) is 4.45. The number of nitrogen functional groups attached to an aromatic ring is 1. The molecule has 0 aromatic carbocycles. The van der Waals surface area contributed by atoms with Crippen molar-refractivity contribution in [2.75, 3.05) is 11.2 Å². The first-order valence-corrected chi connectivity index (χ1v) is 6.16. The van der Waals surface area contributed by atoms with E-state index in [9.17, 15) is 0 Å². The molecule has 1 rings (SSSR count). The maximum Gasteiger partial charge on any atom is 0.322 e. The molecule has 0 radical (unpaired) electrons. The number of nitrogens with zero attached hydrogens (tertiary/aromatic N) is 3. The minimum absolute atomic E-state index is 0.0250. The number of aromatic nitrogens is 3. The van der Waals surface area contributed by atoms with E-state index in [1.54, 1.807) is 11.8 Å². The van der Waals surface area contributed by atoms with Crippen LogP contribution in [0.5, 0.6) is 6.01 Å². The van der Waals surface area contributed by atoms with Gasteiger partial charge in [-0.05, 0) is 20.3 Å². The molecular weight excluding hydrogens is 226 g/mol. The van der Waals surface area contributed by atoms with Crippen molar-refractivity contribution in [3.05, 3.63) is 0 Å². The third-order valence-corrected chi connectivity index (χ3v) is 2.55. The topological polar surface area (TPSA) is 86.0 Å². The zero-order chi connectivity index (χ0) is 12.0. The Balaban J connectivity index is 2.82. The fraction of sp³-hybridized carbons (Fsp3) is 0.667. The molecule has 0 amide bonds. The van der Waals surface area contributed by atoms with Crippen LogP contribution in [0.15, 0.2) is 5.16 Å². The summed E-state index contributed by atoms with van der Waals surface area (Å²) in [5, 5.41) is 0.625. The van der Waals surface area contributed by atoms with Crippen molar-refractivity contribution < 1.29 is 4.74 Å². The van der Waals surface area contributed by atoms with E-state index in [0.29, 0.717) is 17.1 Å². The van der Waals surface area contributed by atoms with Crippen LogP contribution < -0.4 is 16.0 Å². The lowest BCUT2D eigenvalue weighted by Gasteiger charge is -2.09. The minimum Gasteiger partial charge on any atom is -0.461 e. The van der Waals surface area contributed by atoms with Gasteiger partial charge in [-0.2, -0.15) is 15.0 Å². The average Bonchev–Trinajstić information content (AvgIpc) is 2.25. The van der Waals surface area contributed by atoms with Crippen LogP contribution in [0.25, 0.3) is 0 Å². The van der Waals surface area contributed by atoms with Crippen molar-refractivity contribution in [2.24, 2.45) is 5.84 Å². The average molecular weight is 243 g/mol. The Morgan fingerprint density at radius 3 is 2.69 bits per heavy atom. The normalized spacial score (nSPS) is 10.6. The molecule has 0 aliphatic rings. The van der Waals surface area contributed by atoms with Gasteiger partial charge in [0.25, 0.3) is 0 Å². The number of thioether (sulfide) groups is 1. The number of nitrogens with one attached hydrogen (secondary N) is 1. The molecular formula is C9H17N5OS. The van der Waals surface area contributed by atoms with Gasteiger partial charge in [0.2, 0.25) is 5.95 Å². The first kappa shape index (κ1) is 13.0. The lowest BCUT2D eigenvalue weighted by molar-refractivity contribution is 0.219. The van der Waals surface area contributed by atoms with E-state index in [2.05, 4.69) is 27.3 Å². The van der Waals surface area contributed by atoms with Gasteiger partial charge in [0.05, 0.1) is 6.10 Å². The monoisotopic (exact) mass is 243 g/mol. The van der Waals surface area contributed by atoms with Crippen molar-refractivity contribution in [3.8, 4) is 6.01 Å². The molecule has 6 nitrogen and oxygen atoms in total. The highest BCUT2D eigenvalue weighted by Gasteiger charge is 2.08. The summed E-state index contributed by atoms with van der Waals surface area (Å²) in [6.07, 6.45) is 1.08. The van der Waals surface area contributed by atoms with Crippen LogP contribution in [-0.2, 0) is 0 Å². The minimum atomic E-state index is 0.0250. The van der Waals surface area contributed by atoms with Crippen LogP contribution in [0.2, 0.25) is 0 Å². The Morgan fingerprint density at radius 1 is 1.38 bits per heavy atom. The molecule has 0 aliphatic heterocycles. The quantitative estimate of drug-likeness (QED) is 0.444. The fourth-order valence-corrected chi connectivity index (χ4v) is 1.60. The zero-order valence-electron chi connectivity index (χ0n) is 9.73. The number of hydrogen-bond acceptors (Lipinski definition) is 7. The van der Waals surface area contributed by atoms with Crippen molar-refractivity contribution in [1.29, 1.82) is 0 Å². The first-order valence-electron chi connectivity index (χ1n) is 5.17. The van der Waals surface area contributed by atoms with Crippen LogP contribution in [-0.4, -0.2) is 26.8 Å². The summed E-state index contributed by atoms with van der Waals surface area (Å²) in [5.41, 5.74) is 2.40. The maximum atomic E-state index is 5.41. The van der Waals surface area contributed by atoms with Gasteiger partial charge in [0, 0.05) is 5.75 Å². The van der Waals surface area contributed by atoms with Gasteiger partial charge >= 0.3 is 6.01 Å². The van der Waals surface area contributed by atoms with Gasteiger partial charge in [-0.15, -0.1) is 0 Å². The molecule has 0 fully saturated rings. The van der Waals surface area contributed by atoms with Crippen LogP contribution in [0.1, 0.15) is 27.2 Å². The highest BCUT2D eigenvalue weighted by atomic mass is 32.2. The van der Waals surface area contributed by atoms with Crippen LogP contribution in [0.4, 0.5) is 5.95 Å². The molecule has 0 saturated carbocycles. The van der Waals surface area contributed by atoms with Crippen LogP contribution in [0, 0.1) is 0 Å². The Kier molecular flexibility index (Phi) is 5.27. The standard InChI is InChI=1S/C9H17N5OS/c1-4-5-16-9-12-7(14-10)11-8(13-9)15-6(2)3/h6H,4-5,10H2,1-3H3,(H,11,12,13,14). The summed E-state index contributed by atoms with van der Waals surface area (Å²) in [7, 11) is 0. The second kappa shape index (κ2) is 6.49. The molecule has 0 bridgehead atoms. The number of hydrazine groups is 1. The molecule has 0 spiro atoms. The van der Waals surface area contributed by atoms with Crippen LogP contribution >= 0.6 is 11.8 Å². The van der Waals surface area contributed by atoms with Crippen molar-refractivity contribution in [3.63, 3.8) is 0 Å². The summed E-state index contributed by atoms with van der Waals surface area (Å²) in [4.78, 5) is 12.3. The smallest absolute Gasteiger partial charge is 0.322 e. The number of nitrogens with two attached hydrogens (primary N) is 1. The maximum absolute atomic E-state index is 5.41. The lowest BCUT2D eigenvalue weighted by Crippen LogP contribution is -2.15. The predicted octanol–water partition coefficient (Wildman–Crippen LogP) is 1.45. The highest BCUT2D eigenvalue weighted by Crippen LogP contribution is 2.18. The molecule has 0 aliphatic carbocycles. The Bertz CT molecular complexity index is 334. The first-order chi connectivity index (χ1) is 7.65. The molecule has 0 saturated heterocycles. The van der Waals surface area contributed by atoms with Gasteiger partial charge in [0.1, 0.15) is 0 Å². The third-order valence-electron chi connectivity index (χ3n) is 1.50. The summed E-state index contributed by atoms with van der Waals surface area (Å²) in [6.45, 7) is 5.93. The van der Waals surface area contributed by atoms with Gasteiger partial charge < -0.3 is 4.74 Å². The van der Waals surface area contributed by atoms with Gasteiger partial charge in [-0.25, -0.2) is 5.84 Å². The van der Waals surface area contributed by atoms with Crippen molar-refractivity contribution in [2.45, 2.75) is 38.5 Å². The highest BCUT2D eigenvalue weighted by molar-refractivity contribution is 7.99. The largest absolute Gasteiger partial charge is 0.461 e. The Labute approximate surface area is 99.4 Å². The van der Waals surface area contributed by atoms with E-state index in [0.717, 1.165) is 12.2 Å². The predicted molar refractivity (Wildman–Crippen MR) is 64.4 cm³/mol. The van der Waals surface area contributed by atoms with Crippen molar-refractivity contribution >= 4 is 17.7 Å². The zero-order valence-corrected chi connectivity index (χ0v) is 10.5. The molecule has 1 heterocycles. The second-order valence-electron chi connectivity index (χ2n) is 3.38. The summed E-state index contributed by atoms with van der Waals surface area (Å²) in [5.74, 6) is 6.56. The molecule has 7 heteroatoms. The van der Waals surface area contributed by atoms with E-state index < -0.39 is 0 Å². The molecule has 3 N–H and O–H groups in total. The SMILES string of the molecule is CCCSc1nc(NN)nc(OC(C)C)n1. The fourth-order valence-electron chi connectivity index (χ4n) is 0.924. The van der Waals surface area contributed by atoms with Crippen LogP contribution in [0.3, 0.4) is 0 Å². The Hall–Kier alpha value is -1.08. The van der Waals surface area contributed by atoms with E-state index in [-0.39, 0.29) is 6.10 Å². The third kappa shape index (κ3) is 4.19. The van der Waals surface area contributed by atoms with Gasteiger partial charge in [0.15, 0.2) is 5.16 Å². The number of rotatable bonds is 6. The number of anilines is 1. The summed E-state index contributed by atoms with van der Waals surface area (Å²) < 4.78 is 5.41. The molecule has 1 aromatic heterocycles. The van der Waals surface area contributed by atoms with Gasteiger partial charge in [-0.3, -0.25) is 5.43 Å². The molecule has 0 atom stereocenters. The molecule has 0 unspecified atom stereocenters. The summed E-state index contributed by atoms with van der Waals surface area (Å²) >= 11 is 1.55. The van der Waals surface area contributed by atoms with E-state index in [1.807, 2.05) is 13.8 Å². The number of hydrogen-bond donors (Lipinski definition) is 2. The summed E-state index contributed by atoms with van der Waals surface area (Å²) in [6, 6.07) is 0.302. The molecule has 16 heavy (non-hydrogen) atoms.